The summed E-state index contributed by atoms with van der Waals surface area (Å²) in [6, 6.07) is 9.45. The second-order valence-corrected chi connectivity index (χ2v) is 6.29. The van der Waals surface area contributed by atoms with E-state index in [1.807, 2.05) is 48.1 Å². The SMILES string of the molecule is Cn1cncc1[C@@H]1CN(C(=O)c2cn(-c3ccccc3)nn2)C[C@H]1N. The van der Waals surface area contributed by atoms with E-state index in [0.29, 0.717) is 18.8 Å². The summed E-state index contributed by atoms with van der Waals surface area (Å²) in [5, 5.41) is 8.09. The minimum absolute atomic E-state index is 0.0700. The van der Waals surface area contributed by atoms with Crippen LogP contribution in [0.2, 0.25) is 0 Å². The number of nitrogens with two attached hydrogens (primary N) is 1. The molecular formula is C17H19N7O. The zero-order chi connectivity index (χ0) is 17.4. The molecule has 4 rings (SSSR count). The van der Waals surface area contributed by atoms with E-state index in [1.165, 1.54) is 0 Å². The molecule has 8 heteroatoms. The molecule has 2 atom stereocenters. The lowest BCUT2D eigenvalue weighted by atomic mass is 10.0. The molecule has 1 aromatic carbocycles. The number of para-hydroxylation sites is 1. The predicted octanol–water partition coefficient (Wildman–Crippen LogP) is 0.568. The number of carbonyl (C=O) groups is 1. The number of hydrogen-bond acceptors (Lipinski definition) is 5. The standard InChI is InChI=1S/C17H19N7O/c1-22-11-19-7-16(22)13-8-23(9-14(13)18)17(25)15-10-24(21-20-15)12-5-3-2-4-6-12/h2-7,10-11,13-14H,8-9,18H2,1H3/t13-,14-/m1/s1. The molecule has 0 radical (unpaired) electrons. The van der Waals surface area contributed by atoms with Crippen molar-refractivity contribution in [1.29, 1.82) is 0 Å². The quantitative estimate of drug-likeness (QED) is 0.754. The molecular weight excluding hydrogens is 318 g/mol. The van der Waals surface area contributed by atoms with Crippen LogP contribution < -0.4 is 5.73 Å². The Kier molecular flexibility index (Phi) is 3.81. The van der Waals surface area contributed by atoms with Crippen molar-refractivity contribution >= 4 is 5.91 Å². The number of imidazole rings is 1. The van der Waals surface area contributed by atoms with E-state index < -0.39 is 0 Å². The first-order valence-electron chi connectivity index (χ1n) is 8.12. The molecule has 0 aliphatic carbocycles. The molecule has 1 aliphatic rings. The molecule has 0 unspecified atom stereocenters. The fourth-order valence-electron chi connectivity index (χ4n) is 3.26. The van der Waals surface area contributed by atoms with Crippen molar-refractivity contribution in [1.82, 2.24) is 29.4 Å². The van der Waals surface area contributed by atoms with E-state index in [0.717, 1.165) is 11.4 Å². The maximum atomic E-state index is 12.8. The summed E-state index contributed by atoms with van der Waals surface area (Å²) in [5.41, 5.74) is 8.49. The van der Waals surface area contributed by atoms with Gasteiger partial charge >= 0.3 is 0 Å². The number of carbonyl (C=O) groups excluding carboxylic acids is 1. The van der Waals surface area contributed by atoms with E-state index in [1.54, 1.807) is 22.1 Å². The second-order valence-electron chi connectivity index (χ2n) is 6.29. The van der Waals surface area contributed by atoms with Crippen LogP contribution in [0.15, 0.2) is 49.1 Å². The second kappa shape index (κ2) is 6.14. The van der Waals surface area contributed by atoms with Gasteiger partial charge in [0.05, 0.1) is 18.2 Å². The van der Waals surface area contributed by atoms with Gasteiger partial charge in [0.1, 0.15) is 0 Å². The fraction of sp³-hybridized carbons (Fsp3) is 0.294. The van der Waals surface area contributed by atoms with Gasteiger partial charge in [-0.2, -0.15) is 0 Å². The first-order chi connectivity index (χ1) is 12.1. The average Bonchev–Trinajstić information content (AvgIpc) is 3.35. The Bertz CT molecular complexity index is 885. The number of amides is 1. The summed E-state index contributed by atoms with van der Waals surface area (Å²) in [6.45, 7) is 1.05. The first kappa shape index (κ1) is 15.5. The summed E-state index contributed by atoms with van der Waals surface area (Å²) in [4.78, 5) is 18.7. The van der Waals surface area contributed by atoms with Crippen molar-refractivity contribution in [3.05, 3.63) is 60.4 Å². The smallest absolute Gasteiger partial charge is 0.276 e. The Labute approximate surface area is 144 Å². The normalized spacial score (nSPS) is 20.2. The highest BCUT2D eigenvalue weighted by molar-refractivity contribution is 5.92. The third-order valence-corrected chi connectivity index (χ3v) is 4.62. The van der Waals surface area contributed by atoms with Gasteiger partial charge in [-0.15, -0.1) is 5.10 Å². The number of benzene rings is 1. The zero-order valence-electron chi connectivity index (χ0n) is 13.9. The van der Waals surface area contributed by atoms with Crippen LogP contribution in [0.5, 0.6) is 0 Å². The van der Waals surface area contributed by atoms with Crippen molar-refractivity contribution in [2.45, 2.75) is 12.0 Å². The van der Waals surface area contributed by atoms with Crippen LogP contribution in [-0.4, -0.2) is 54.5 Å². The molecule has 25 heavy (non-hydrogen) atoms. The van der Waals surface area contributed by atoms with E-state index >= 15 is 0 Å². The minimum Gasteiger partial charge on any atom is -0.337 e. The van der Waals surface area contributed by atoms with Crippen molar-refractivity contribution in [2.75, 3.05) is 13.1 Å². The Hall–Kier alpha value is -3.00. The van der Waals surface area contributed by atoms with Crippen LogP contribution in [0.4, 0.5) is 0 Å². The number of aromatic nitrogens is 5. The van der Waals surface area contributed by atoms with E-state index in [-0.39, 0.29) is 17.9 Å². The first-order valence-corrected chi connectivity index (χ1v) is 8.12. The molecule has 1 saturated heterocycles. The fourth-order valence-corrected chi connectivity index (χ4v) is 3.26. The average molecular weight is 337 g/mol. The van der Waals surface area contributed by atoms with Crippen molar-refractivity contribution < 1.29 is 4.79 Å². The lowest BCUT2D eigenvalue weighted by Crippen LogP contribution is -2.32. The van der Waals surface area contributed by atoms with Crippen LogP contribution in [0.1, 0.15) is 22.1 Å². The molecule has 0 bridgehead atoms. The van der Waals surface area contributed by atoms with Crippen LogP contribution >= 0.6 is 0 Å². The van der Waals surface area contributed by atoms with Crippen LogP contribution in [0.25, 0.3) is 5.69 Å². The highest BCUT2D eigenvalue weighted by Crippen LogP contribution is 2.26. The van der Waals surface area contributed by atoms with E-state index in [4.69, 9.17) is 5.73 Å². The molecule has 1 fully saturated rings. The van der Waals surface area contributed by atoms with Gasteiger partial charge in [0.15, 0.2) is 5.69 Å². The topological polar surface area (TPSA) is 94.9 Å². The molecule has 0 spiro atoms. The van der Waals surface area contributed by atoms with Gasteiger partial charge in [-0.1, -0.05) is 23.4 Å². The van der Waals surface area contributed by atoms with Gasteiger partial charge in [-0.3, -0.25) is 4.79 Å². The highest BCUT2D eigenvalue weighted by Gasteiger charge is 2.36. The molecule has 1 amide bonds. The van der Waals surface area contributed by atoms with Gasteiger partial charge in [-0.25, -0.2) is 9.67 Å². The molecule has 8 nitrogen and oxygen atoms in total. The van der Waals surface area contributed by atoms with E-state index in [2.05, 4.69) is 15.3 Å². The monoisotopic (exact) mass is 337 g/mol. The molecule has 3 heterocycles. The summed E-state index contributed by atoms with van der Waals surface area (Å²) in [7, 11) is 1.94. The molecule has 2 aromatic heterocycles. The maximum Gasteiger partial charge on any atom is 0.276 e. The Morgan fingerprint density at radius 3 is 2.76 bits per heavy atom. The predicted molar refractivity (Wildman–Crippen MR) is 91.2 cm³/mol. The maximum absolute atomic E-state index is 12.8. The summed E-state index contributed by atoms with van der Waals surface area (Å²) >= 11 is 0. The highest BCUT2D eigenvalue weighted by atomic mass is 16.2. The Morgan fingerprint density at radius 1 is 1.24 bits per heavy atom. The van der Waals surface area contributed by atoms with Crippen LogP contribution in [0.3, 0.4) is 0 Å². The van der Waals surface area contributed by atoms with Crippen molar-refractivity contribution in [2.24, 2.45) is 12.8 Å². The number of nitrogens with zero attached hydrogens (tertiary/aromatic N) is 6. The minimum atomic E-state index is -0.151. The number of rotatable bonds is 3. The third kappa shape index (κ3) is 2.80. The van der Waals surface area contributed by atoms with E-state index in [9.17, 15) is 4.79 Å². The molecule has 3 aromatic rings. The van der Waals surface area contributed by atoms with Crippen LogP contribution in [-0.2, 0) is 7.05 Å². The summed E-state index contributed by atoms with van der Waals surface area (Å²) < 4.78 is 3.55. The third-order valence-electron chi connectivity index (χ3n) is 4.62. The summed E-state index contributed by atoms with van der Waals surface area (Å²) in [6.07, 6.45) is 5.21. The number of likely N-dealkylation sites (tertiary alicyclic amines) is 1. The molecule has 1 aliphatic heterocycles. The summed E-state index contributed by atoms with van der Waals surface area (Å²) in [5.74, 6) is -0.0806. The largest absolute Gasteiger partial charge is 0.337 e. The van der Waals surface area contributed by atoms with Crippen molar-refractivity contribution in [3.63, 3.8) is 0 Å². The van der Waals surface area contributed by atoms with Gasteiger partial charge in [-0.05, 0) is 12.1 Å². The number of hydrogen-bond donors (Lipinski definition) is 1. The van der Waals surface area contributed by atoms with Gasteiger partial charge < -0.3 is 15.2 Å². The lowest BCUT2D eigenvalue weighted by Gasteiger charge is -2.15. The zero-order valence-corrected chi connectivity index (χ0v) is 13.9. The van der Waals surface area contributed by atoms with Gasteiger partial charge in [0, 0.05) is 44.0 Å². The van der Waals surface area contributed by atoms with Gasteiger partial charge in [0.2, 0.25) is 0 Å². The van der Waals surface area contributed by atoms with Crippen LogP contribution in [0, 0.1) is 0 Å². The molecule has 0 saturated carbocycles. The molecule has 2 N–H and O–H groups in total. The molecule has 128 valence electrons. The Morgan fingerprint density at radius 2 is 2.04 bits per heavy atom. The van der Waals surface area contributed by atoms with Crippen molar-refractivity contribution in [3.8, 4) is 5.69 Å². The Balaban J connectivity index is 1.52. The lowest BCUT2D eigenvalue weighted by molar-refractivity contribution is 0.0783. The number of aryl methyl sites for hydroxylation is 1. The van der Waals surface area contributed by atoms with Gasteiger partial charge in [0.25, 0.3) is 5.91 Å².